The fraction of sp³-hybridized carbons (Fsp3) is 0.619. The molecule has 0 aromatic carbocycles. The van der Waals surface area contributed by atoms with Gasteiger partial charge in [-0.05, 0) is 50.5 Å². The largest absolute Gasteiger partial charge is 0.435 e. The van der Waals surface area contributed by atoms with E-state index in [4.69, 9.17) is 5.73 Å². The highest BCUT2D eigenvalue weighted by atomic mass is 19.4. The number of nitrogens with zero attached hydrogens (tertiary/aromatic N) is 2. The molecule has 1 atom stereocenters. The number of carbonyl (C=O) groups is 1. The second-order valence-corrected chi connectivity index (χ2v) is 7.98. The van der Waals surface area contributed by atoms with Crippen molar-refractivity contribution in [3.05, 3.63) is 35.7 Å². The van der Waals surface area contributed by atoms with Gasteiger partial charge in [-0.3, -0.25) is 9.48 Å². The summed E-state index contributed by atoms with van der Waals surface area (Å²) in [5, 5.41) is 3.70. The van der Waals surface area contributed by atoms with Crippen LogP contribution in [0.2, 0.25) is 0 Å². The zero-order valence-corrected chi connectivity index (χ0v) is 18.7. The molecule has 2 N–H and O–H groups in total. The second kappa shape index (κ2) is 11.5. The summed E-state index contributed by atoms with van der Waals surface area (Å²) in [5.41, 5.74) is 5.08. The minimum absolute atomic E-state index is 0.115. The second-order valence-electron chi connectivity index (χ2n) is 7.98. The summed E-state index contributed by atoms with van der Waals surface area (Å²) in [4.78, 5) is 11.3. The average molecular weight is 455 g/mol. The Labute approximate surface area is 179 Å². The lowest BCUT2D eigenvalue weighted by Gasteiger charge is -2.20. The Balaban J connectivity index is 0.00000131. The summed E-state index contributed by atoms with van der Waals surface area (Å²) in [5.74, 6) is -0.0495. The van der Waals surface area contributed by atoms with Gasteiger partial charge in [0.1, 0.15) is 0 Å². The third-order valence-electron chi connectivity index (χ3n) is 3.93. The highest BCUT2D eigenvalue weighted by Gasteiger charge is 2.35. The van der Waals surface area contributed by atoms with E-state index in [9.17, 15) is 31.1 Å². The Kier molecular flexibility index (Phi) is 10.7. The van der Waals surface area contributed by atoms with E-state index in [0.717, 1.165) is 19.4 Å². The Morgan fingerprint density at radius 1 is 1.16 bits per heavy atom. The molecule has 31 heavy (non-hydrogen) atoms. The Morgan fingerprint density at radius 2 is 1.68 bits per heavy atom. The van der Waals surface area contributed by atoms with Gasteiger partial charge in [0.05, 0.1) is 12.2 Å². The fourth-order valence-electron chi connectivity index (χ4n) is 2.15. The zero-order chi connectivity index (χ0) is 24.6. The number of aromatic nitrogens is 2. The first-order chi connectivity index (χ1) is 13.9. The van der Waals surface area contributed by atoms with Crippen LogP contribution < -0.4 is 5.73 Å². The predicted octanol–water partition coefficient (Wildman–Crippen LogP) is 6.17. The molecule has 1 rings (SSSR count). The molecule has 0 amide bonds. The molecule has 0 bridgehead atoms. The third kappa shape index (κ3) is 12.4. The van der Waals surface area contributed by atoms with Gasteiger partial charge in [-0.1, -0.05) is 33.3 Å². The first-order valence-electron chi connectivity index (χ1n) is 9.81. The predicted molar refractivity (Wildman–Crippen MR) is 109 cm³/mol. The van der Waals surface area contributed by atoms with Crippen molar-refractivity contribution >= 4 is 11.4 Å². The normalized spacial score (nSPS) is 14.4. The summed E-state index contributed by atoms with van der Waals surface area (Å²) in [6.07, 6.45) is -3.70. The van der Waals surface area contributed by atoms with Crippen molar-refractivity contribution in [3.8, 4) is 0 Å². The van der Waals surface area contributed by atoms with Gasteiger partial charge < -0.3 is 5.73 Å². The van der Waals surface area contributed by atoms with Gasteiger partial charge in [0.15, 0.2) is 11.5 Å². The molecule has 178 valence electrons. The number of hydrogen-bond donors (Lipinski definition) is 1. The monoisotopic (exact) mass is 455 g/mol. The lowest BCUT2D eigenvalue weighted by atomic mass is 10.0. The van der Waals surface area contributed by atoms with Crippen LogP contribution in [0.1, 0.15) is 65.8 Å². The molecule has 1 unspecified atom stereocenters. The number of ketones is 1. The van der Waals surface area contributed by atoms with Crippen LogP contribution >= 0.6 is 0 Å². The summed E-state index contributed by atoms with van der Waals surface area (Å²) in [6.45, 7) is 9.96. The Bertz CT molecular complexity index is 768. The van der Waals surface area contributed by atoms with E-state index in [1.54, 1.807) is 13.8 Å². The molecule has 1 aromatic heterocycles. The van der Waals surface area contributed by atoms with E-state index in [-0.39, 0.29) is 18.2 Å². The minimum Gasteiger partial charge on any atom is -0.324 e. The summed E-state index contributed by atoms with van der Waals surface area (Å²) < 4.78 is 73.0. The number of nitrogens with two attached hydrogens (primary N) is 1. The molecule has 0 spiro atoms. The summed E-state index contributed by atoms with van der Waals surface area (Å²) >= 11 is 0. The summed E-state index contributed by atoms with van der Waals surface area (Å²) in [6, 6.07) is 1.00. The van der Waals surface area contributed by atoms with Crippen molar-refractivity contribution in [1.29, 1.82) is 0 Å². The van der Waals surface area contributed by atoms with Gasteiger partial charge in [-0.25, -0.2) is 0 Å². The first-order valence-corrected chi connectivity index (χ1v) is 9.81. The fourth-order valence-corrected chi connectivity index (χ4v) is 2.15. The Morgan fingerprint density at radius 3 is 2.03 bits per heavy atom. The van der Waals surface area contributed by atoms with Crippen molar-refractivity contribution in [2.24, 2.45) is 11.7 Å². The summed E-state index contributed by atoms with van der Waals surface area (Å²) in [7, 11) is 0. The van der Waals surface area contributed by atoms with Crippen LogP contribution in [0.3, 0.4) is 0 Å². The maximum Gasteiger partial charge on any atom is 0.435 e. The van der Waals surface area contributed by atoms with Crippen molar-refractivity contribution in [2.45, 2.75) is 78.8 Å². The van der Waals surface area contributed by atoms with Gasteiger partial charge in [0.2, 0.25) is 0 Å². The van der Waals surface area contributed by atoms with E-state index in [1.165, 1.54) is 23.8 Å². The zero-order valence-electron chi connectivity index (χ0n) is 18.7. The highest BCUT2D eigenvalue weighted by molar-refractivity contribution is 5.90. The van der Waals surface area contributed by atoms with Crippen LogP contribution in [0.4, 0.5) is 26.3 Å². The number of hydrogen-bond acceptors (Lipinski definition) is 3. The van der Waals surface area contributed by atoms with Crippen LogP contribution in [0.5, 0.6) is 0 Å². The number of halogens is 6. The molecule has 1 aromatic rings. The molecule has 0 aliphatic rings. The standard InChI is InChI=1S/C18H26F3N3O.C3H5F3/c1-6-12(2)9-14(8-7-13(3)25)15-10-16(18(19,20)21)23-24(15)11-17(4,5)22;1-2-3(4,5)6/h7-10,12H,6,11,22H2,1-5H3;2H2,1H3/b8-7-,14-9+;. The van der Waals surface area contributed by atoms with Gasteiger partial charge in [-0.2, -0.15) is 31.4 Å². The maximum atomic E-state index is 13.1. The SMILES string of the molecule is CCC(C)/C=C(\C=C/C(C)=O)c1cc(C(F)(F)F)nn1CC(C)(C)N.CCC(F)(F)F. The van der Waals surface area contributed by atoms with Crippen molar-refractivity contribution in [1.82, 2.24) is 9.78 Å². The van der Waals surface area contributed by atoms with Crippen LogP contribution in [0, 0.1) is 5.92 Å². The van der Waals surface area contributed by atoms with Crippen LogP contribution in [0.15, 0.2) is 24.3 Å². The lowest BCUT2D eigenvalue weighted by molar-refractivity contribution is -0.141. The third-order valence-corrected chi connectivity index (χ3v) is 3.93. The van der Waals surface area contributed by atoms with Gasteiger partial charge in [-0.15, -0.1) is 0 Å². The molecule has 0 saturated heterocycles. The van der Waals surface area contributed by atoms with E-state index in [0.29, 0.717) is 11.3 Å². The minimum atomic E-state index is -4.55. The van der Waals surface area contributed by atoms with Crippen molar-refractivity contribution < 1.29 is 31.1 Å². The quantitative estimate of drug-likeness (QED) is 0.304. The maximum absolute atomic E-state index is 13.1. The number of carbonyl (C=O) groups excluding carboxylic acids is 1. The highest BCUT2D eigenvalue weighted by Crippen LogP contribution is 2.31. The molecule has 4 nitrogen and oxygen atoms in total. The van der Waals surface area contributed by atoms with Crippen LogP contribution in [-0.4, -0.2) is 27.3 Å². The van der Waals surface area contributed by atoms with E-state index in [1.807, 2.05) is 19.9 Å². The molecule has 0 aliphatic heterocycles. The molecule has 1 heterocycles. The van der Waals surface area contributed by atoms with Gasteiger partial charge in [0.25, 0.3) is 0 Å². The number of allylic oxidation sites excluding steroid dienone is 4. The van der Waals surface area contributed by atoms with E-state index in [2.05, 4.69) is 5.10 Å². The van der Waals surface area contributed by atoms with Crippen molar-refractivity contribution in [3.63, 3.8) is 0 Å². The average Bonchev–Trinajstić information content (AvgIpc) is 3.00. The number of rotatable bonds is 7. The smallest absolute Gasteiger partial charge is 0.324 e. The van der Waals surface area contributed by atoms with Gasteiger partial charge >= 0.3 is 12.4 Å². The van der Waals surface area contributed by atoms with Crippen LogP contribution in [-0.2, 0) is 17.5 Å². The lowest BCUT2D eigenvalue weighted by Crippen LogP contribution is -2.38. The molecular formula is C21H31F6N3O. The number of alkyl halides is 6. The van der Waals surface area contributed by atoms with Gasteiger partial charge in [0, 0.05) is 12.0 Å². The molecule has 0 fully saturated rings. The van der Waals surface area contributed by atoms with Crippen LogP contribution in [0.25, 0.3) is 5.57 Å². The van der Waals surface area contributed by atoms with Crippen molar-refractivity contribution in [2.75, 3.05) is 0 Å². The van der Waals surface area contributed by atoms with E-state index < -0.39 is 30.0 Å². The Hall–Kier alpha value is -2.10. The molecule has 0 radical (unpaired) electrons. The van der Waals surface area contributed by atoms with E-state index >= 15 is 0 Å². The topological polar surface area (TPSA) is 60.9 Å². The molecule has 10 heteroatoms. The first kappa shape index (κ1) is 28.9. The molecule has 0 aliphatic carbocycles. The molecule has 0 saturated carbocycles. The molecular weight excluding hydrogens is 424 g/mol.